The zero-order valence-electron chi connectivity index (χ0n) is 20.0. The first-order chi connectivity index (χ1) is 16.8. The number of rotatable bonds is 9. The van der Waals surface area contributed by atoms with E-state index in [-0.39, 0.29) is 16.8 Å². The third-order valence-corrected chi connectivity index (χ3v) is 7.86. The molecule has 4 aromatic rings. The topological polar surface area (TPSA) is 101 Å². The van der Waals surface area contributed by atoms with Gasteiger partial charge in [-0.15, -0.1) is 0 Å². The van der Waals surface area contributed by atoms with Crippen LogP contribution in [0.5, 0.6) is 0 Å². The molecule has 0 aliphatic rings. The predicted molar refractivity (Wildman–Crippen MR) is 142 cm³/mol. The molecular weight excluding hydrogens is 458 g/mol. The predicted octanol–water partition coefficient (Wildman–Crippen LogP) is 4.56. The lowest BCUT2D eigenvalue weighted by Crippen LogP contribution is -2.47. The molecule has 4 N–H and O–H groups in total. The summed E-state index contributed by atoms with van der Waals surface area (Å²) in [5.41, 5.74) is 7.61. The number of nitrogens with two attached hydrogens (primary N) is 1. The first-order valence-corrected chi connectivity index (χ1v) is 13.3. The Kier molecular flexibility index (Phi) is 7.50. The van der Waals surface area contributed by atoms with Gasteiger partial charge in [-0.3, -0.25) is 4.79 Å². The quantitative estimate of drug-likeness (QED) is 0.321. The van der Waals surface area contributed by atoms with Crippen molar-refractivity contribution in [2.45, 2.75) is 43.7 Å². The van der Waals surface area contributed by atoms with E-state index < -0.39 is 16.1 Å². The van der Waals surface area contributed by atoms with E-state index in [9.17, 15) is 13.2 Å². The molecule has 0 aromatic heterocycles. The molecule has 0 aliphatic carbocycles. The van der Waals surface area contributed by atoms with Crippen LogP contribution in [0.2, 0.25) is 0 Å². The molecule has 35 heavy (non-hydrogen) atoms. The lowest BCUT2D eigenvalue weighted by atomic mass is 10.0. The minimum atomic E-state index is -3.96. The van der Waals surface area contributed by atoms with Crippen LogP contribution < -0.4 is 15.8 Å². The van der Waals surface area contributed by atoms with Crippen molar-refractivity contribution >= 4 is 37.5 Å². The van der Waals surface area contributed by atoms with Gasteiger partial charge in [-0.05, 0) is 72.7 Å². The van der Waals surface area contributed by atoms with Gasteiger partial charge in [0.1, 0.15) is 6.04 Å². The normalized spacial score (nSPS) is 13.6. The van der Waals surface area contributed by atoms with Crippen LogP contribution in [0.25, 0.3) is 21.5 Å². The van der Waals surface area contributed by atoms with Crippen molar-refractivity contribution in [3.8, 4) is 0 Å². The maximum atomic E-state index is 13.4. The molecule has 6 nitrogen and oxygen atoms in total. The molecule has 0 bridgehead atoms. The maximum Gasteiger partial charge on any atom is 0.241 e. The first-order valence-electron chi connectivity index (χ1n) is 11.8. The van der Waals surface area contributed by atoms with Crippen LogP contribution in [-0.2, 0) is 14.8 Å². The summed E-state index contributed by atoms with van der Waals surface area (Å²) in [4.78, 5) is 13.4. The van der Waals surface area contributed by atoms with Gasteiger partial charge < -0.3 is 11.1 Å². The Morgan fingerprint density at radius 1 is 0.914 bits per heavy atom. The molecule has 0 saturated carbocycles. The second kappa shape index (κ2) is 10.6. The SMILES string of the molecule is Cc1ccc(S(=O)(=O)N[C@@H](CCCN)C(=O)N[C@H](C)c2ccc3ccccc3c2)c2ccccc12. The number of hydrogen-bond acceptors (Lipinski definition) is 4. The zero-order valence-corrected chi connectivity index (χ0v) is 20.8. The van der Waals surface area contributed by atoms with Crippen molar-refractivity contribution in [3.05, 3.63) is 90.0 Å². The average molecular weight is 490 g/mol. The largest absolute Gasteiger partial charge is 0.348 e. The number of sulfonamides is 1. The van der Waals surface area contributed by atoms with Crippen molar-refractivity contribution < 1.29 is 13.2 Å². The van der Waals surface area contributed by atoms with Crippen LogP contribution in [0.15, 0.2) is 83.8 Å². The van der Waals surface area contributed by atoms with Crippen LogP contribution in [0.4, 0.5) is 0 Å². The molecule has 0 radical (unpaired) electrons. The number of carbonyl (C=O) groups is 1. The van der Waals surface area contributed by atoms with E-state index in [4.69, 9.17) is 5.73 Å². The third kappa shape index (κ3) is 5.53. The summed E-state index contributed by atoms with van der Waals surface area (Å²) in [6.45, 7) is 4.20. The monoisotopic (exact) mass is 489 g/mol. The lowest BCUT2D eigenvalue weighted by molar-refractivity contribution is -0.123. The number of hydrogen-bond donors (Lipinski definition) is 3. The number of fused-ring (bicyclic) bond motifs is 2. The number of nitrogens with one attached hydrogen (secondary N) is 2. The van der Waals surface area contributed by atoms with Crippen LogP contribution in [0.3, 0.4) is 0 Å². The lowest BCUT2D eigenvalue weighted by Gasteiger charge is -2.22. The van der Waals surface area contributed by atoms with E-state index >= 15 is 0 Å². The molecule has 4 rings (SSSR count). The molecule has 0 aliphatic heterocycles. The van der Waals surface area contributed by atoms with Crippen molar-refractivity contribution in [2.24, 2.45) is 5.73 Å². The van der Waals surface area contributed by atoms with E-state index in [2.05, 4.69) is 10.0 Å². The van der Waals surface area contributed by atoms with Gasteiger partial charge in [0.2, 0.25) is 15.9 Å². The maximum absolute atomic E-state index is 13.4. The van der Waals surface area contributed by atoms with Crippen LogP contribution in [0, 0.1) is 6.92 Å². The minimum Gasteiger partial charge on any atom is -0.348 e. The molecule has 2 atom stereocenters. The Morgan fingerprint density at radius 3 is 2.34 bits per heavy atom. The fourth-order valence-corrected chi connectivity index (χ4v) is 5.79. The summed E-state index contributed by atoms with van der Waals surface area (Å²) in [6, 6.07) is 23.6. The van der Waals surface area contributed by atoms with E-state index in [1.54, 1.807) is 18.2 Å². The highest BCUT2D eigenvalue weighted by Gasteiger charge is 2.27. The summed E-state index contributed by atoms with van der Waals surface area (Å²) in [7, 11) is -3.96. The standard InChI is InChI=1S/C28H31N3O3S/c1-19-13-16-27(25-11-6-5-10-24(19)25)35(33,34)31-26(12-7-17-29)28(32)30-20(2)22-15-14-21-8-3-4-9-23(21)18-22/h3-6,8-11,13-16,18,20,26,31H,7,12,17,29H2,1-2H3,(H,30,32)/t20-,26+/m1/s1. The van der Waals surface area contributed by atoms with Crippen molar-refractivity contribution in [1.82, 2.24) is 10.0 Å². The summed E-state index contributed by atoms with van der Waals surface area (Å²) in [6.07, 6.45) is 0.815. The van der Waals surface area contributed by atoms with Gasteiger partial charge in [0.25, 0.3) is 0 Å². The van der Waals surface area contributed by atoms with Crippen LogP contribution in [-0.4, -0.2) is 26.9 Å². The molecule has 0 heterocycles. The fraction of sp³-hybridized carbons (Fsp3) is 0.250. The molecule has 1 amide bonds. The second-order valence-corrected chi connectivity index (χ2v) is 10.6. The molecule has 0 spiro atoms. The Balaban J connectivity index is 1.57. The smallest absolute Gasteiger partial charge is 0.241 e. The summed E-state index contributed by atoms with van der Waals surface area (Å²) < 4.78 is 29.5. The van der Waals surface area contributed by atoms with Gasteiger partial charge in [0.15, 0.2) is 0 Å². The zero-order chi connectivity index (χ0) is 25.0. The molecule has 182 valence electrons. The van der Waals surface area contributed by atoms with Gasteiger partial charge in [0.05, 0.1) is 10.9 Å². The Bertz CT molecular complexity index is 1470. The van der Waals surface area contributed by atoms with Gasteiger partial charge in [-0.1, -0.05) is 66.7 Å². The number of carbonyl (C=O) groups excluding carboxylic acids is 1. The van der Waals surface area contributed by atoms with Crippen LogP contribution >= 0.6 is 0 Å². The Hall–Kier alpha value is -3.26. The van der Waals surface area contributed by atoms with Crippen LogP contribution in [0.1, 0.15) is 36.9 Å². The van der Waals surface area contributed by atoms with E-state index in [0.717, 1.165) is 27.3 Å². The van der Waals surface area contributed by atoms with E-state index in [1.807, 2.05) is 74.5 Å². The molecule has 4 aromatic carbocycles. The minimum absolute atomic E-state index is 0.159. The Morgan fingerprint density at radius 2 is 1.60 bits per heavy atom. The highest BCUT2D eigenvalue weighted by atomic mass is 32.2. The molecule has 7 heteroatoms. The van der Waals surface area contributed by atoms with Gasteiger partial charge in [-0.2, -0.15) is 4.72 Å². The molecular formula is C28H31N3O3S. The van der Waals surface area contributed by atoms with Crippen molar-refractivity contribution in [1.29, 1.82) is 0 Å². The average Bonchev–Trinajstić information content (AvgIpc) is 2.86. The Labute approximate surface area is 206 Å². The summed E-state index contributed by atoms with van der Waals surface area (Å²) in [5.74, 6) is -0.376. The van der Waals surface area contributed by atoms with Crippen molar-refractivity contribution in [3.63, 3.8) is 0 Å². The third-order valence-electron chi connectivity index (χ3n) is 6.33. The fourth-order valence-electron chi connectivity index (χ4n) is 4.35. The number of amides is 1. The highest BCUT2D eigenvalue weighted by Crippen LogP contribution is 2.26. The highest BCUT2D eigenvalue weighted by molar-refractivity contribution is 7.89. The second-order valence-electron chi connectivity index (χ2n) is 8.87. The van der Waals surface area contributed by atoms with E-state index in [0.29, 0.717) is 24.8 Å². The van der Waals surface area contributed by atoms with Crippen molar-refractivity contribution in [2.75, 3.05) is 6.54 Å². The number of benzene rings is 4. The van der Waals surface area contributed by atoms with Gasteiger partial charge in [0, 0.05) is 5.39 Å². The molecule has 0 saturated heterocycles. The summed E-state index contributed by atoms with van der Waals surface area (Å²) in [5, 5.41) is 6.68. The molecule has 0 unspecified atom stereocenters. The van der Waals surface area contributed by atoms with E-state index in [1.165, 1.54) is 0 Å². The summed E-state index contributed by atoms with van der Waals surface area (Å²) >= 11 is 0. The number of aryl methyl sites for hydroxylation is 1. The first kappa shape index (κ1) is 24.9. The molecule has 0 fully saturated rings. The van der Waals surface area contributed by atoms with Gasteiger partial charge >= 0.3 is 0 Å². The van der Waals surface area contributed by atoms with Gasteiger partial charge in [-0.25, -0.2) is 8.42 Å².